The van der Waals surface area contributed by atoms with Crippen LogP contribution >= 0.6 is 15.9 Å². The summed E-state index contributed by atoms with van der Waals surface area (Å²) in [5.41, 5.74) is 1.98. The fraction of sp³-hybridized carbons (Fsp3) is 0.462. The van der Waals surface area contributed by atoms with E-state index in [2.05, 4.69) is 41.2 Å². The highest BCUT2D eigenvalue weighted by molar-refractivity contribution is 9.10. The SMILES string of the molecule is CC(C)Cc1cc(Br)c2c(c1)NC(=O)CCO2. The van der Waals surface area contributed by atoms with E-state index in [1.54, 1.807) is 0 Å². The maximum atomic E-state index is 11.5. The largest absolute Gasteiger partial charge is 0.490 e. The predicted octanol–water partition coefficient (Wildman–Crippen LogP) is 3.37. The van der Waals surface area contributed by atoms with Crippen LogP contribution in [0, 0.1) is 5.92 Å². The van der Waals surface area contributed by atoms with E-state index >= 15 is 0 Å². The highest BCUT2D eigenvalue weighted by atomic mass is 79.9. The molecule has 4 heteroatoms. The number of hydrogen-bond acceptors (Lipinski definition) is 2. The van der Waals surface area contributed by atoms with Gasteiger partial charge in [0.2, 0.25) is 5.91 Å². The molecule has 2 rings (SSSR count). The number of ether oxygens (including phenoxy) is 1. The lowest BCUT2D eigenvalue weighted by molar-refractivity contribution is -0.116. The predicted molar refractivity (Wildman–Crippen MR) is 71.4 cm³/mol. The van der Waals surface area contributed by atoms with Crippen LogP contribution < -0.4 is 10.1 Å². The average molecular weight is 298 g/mol. The summed E-state index contributed by atoms with van der Waals surface area (Å²) in [7, 11) is 0. The van der Waals surface area contributed by atoms with E-state index in [-0.39, 0.29) is 5.91 Å². The monoisotopic (exact) mass is 297 g/mol. The van der Waals surface area contributed by atoms with E-state index in [1.807, 2.05) is 6.07 Å². The zero-order valence-electron chi connectivity index (χ0n) is 10.0. The van der Waals surface area contributed by atoms with Gasteiger partial charge in [-0.15, -0.1) is 0 Å². The molecule has 1 aromatic carbocycles. The first kappa shape index (κ1) is 12.4. The van der Waals surface area contributed by atoms with Gasteiger partial charge in [0.05, 0.1) is 23.2 Å². The van der Waals surface area contributed by atoms with Crippen LogP contribution in [-0.4, -0.2) is 12.5 Å². The van der Waals surface area contributed by atoms with Gasteiger partial charge in [0.1, 0.15) is 0 Å². The molecule has 0 bridgehead atoms. The first-order valence-electron chi connectivity index (χ1n) is 5.81. The zero-order chi connectivity index (χ0) is 12.4. The Bertz CT molecular complexity index is 443. The van der Waals surface area contributed by atoms with Crippen molar-refractivity contribution in [3.63, 3.8) is 0 Å². The topological polar surface area (TPSA) is 38.3 Å². The Morgan fingerprint density at radius 2 is 2.24 bits per heavy atom. The molecule has 1 aromatic rings. The number of nitrogens with one attached hydrogen (secondary N) is 1. The van der Waals surface area contributed by atoms with Crippen molar-refractivity contribution in [2.75, 3.05) is 11.9 Å². The van der Waals surface area contributed by atoms with Crippen molar-refractivity contribution in [2.24, 2.45) is 5.92 Å². The number of carbonyl (C=O) groups is 1. The molecule has 1 N–H and O–H groups in total. The number of fused-ring (bicyclic) bond motifs is 1. The quantitative estimate of drug-likeness (QED) is 0.909. The molecule has 17 heavy (non-hydrogen) atoms. The van der Waals surface area contributed by atoms with Crippen molar-refractivity contribution in [2.45, 2.75) is 26.7 Å². The van der Waals surface area contributed by atoms with Crippen LogP contribution in [0.3, 0.4) is 0 Å². The van der Waals surface area contributed by atoms with Gasteiger partial charge in [0.25, 0.3) is 0 Å². The van der Waals surface area contributed by atoms with Crippen LogP contribution in [-0.2, 0) is 11.2 Å². The second-order valence-electron chi connectivity index (χ2n) is 4.70. The van der Waals surface area contributed by atoms with Gasteiger partial charge in [0, 0.05) is 0 Å². The number of halogens is 1. The van der Waals surface area contributed by atoms with Gasteiger partial charge in [-0.3, -0.25) is 4.79 Å². The Labute approximate surface area is 110 Å². The molecule has 0 saturated carbocycles. The van der Waals surface area contributed by atoms with E-state index in [4.69, 9.17) is 4.74 Å². The Kier molecular flexibility index (Phi) is 3.72. The third kappa shape index (κ3) is 3.00. The number of hydrogen-bond donors (Lipinski definition) is 1. The van der Waals surface area contributed by atoms with Crippen molar-refractivity contribution < 1.29 is 9.53 Å². The molecule has 0 aliphatic carbocycles. The van der Waals surface area contributed by atoms with Gasteiger partial charge in [-0.05, 0) is 46.0 Å². The lowest BCUT2D eigenvalue weighted by Crippen LogP contribution is -2.10. The molecule has 1 aliphatic rings. The van der Waals surface area contributed by atoms with Crippen molar-refractivity contribution >= 4 is 27.5 Å². The normalized spacial score (nSPS) is 14.9. The van der Waals surface area contributed by atoms with E-state index in [1.165, 1.54) is 5.56 Å². The van der Waals surface area contributed by atoms with Crippen LogP contribution in [0.5, 0.6) is 5.75 Å². The number of rotatable bonds is 2. The molecule has 0 spiro atoms. The summed E-state index contributed by atoms with van der Waals surface area (Å²) in [5.74, 6) is 1.34. The standard InChI is InChI=1S/C13H16BrNO2/c1-8(2)5-9-6-10(14)13-11(7-9)15-12(16)3-4-17-13/h6-8H,3-5H2,1-2H3,(H,15,16). The minimum atomic E-state index is 0.0114. The minimum Gasteiger partial charge on any atom is -0.490 e. The molecule has 0 fully saturated rings. The lowest BCUT2D eigenvalue weighted by atomic mass is 10.0. The summed E-state index contributed by atoms with van der Waals surface area (Å²) < 4.78 is 6.49. The highest BCUT2D eigenvalue weighted by Crippen LogP contribution is 2.36. The van der Waals surface area contributed by atoms with E-state index in [0.29, 0.717) is 18.9 Å². The van der Waals surface area contributed by atoms with Gasteiger partial charge >= 0.3 is 0 Å². The van der Waals surface area contributed by atoms with Gasteiger partial charge in [-0.1, -0.05) is 13.8 Å². The maximum Gasteiger partial charge on any atom is 0.227 e. The van der Waals surface area contributed by atoms with Crippen LogP contribution in [0.1, 0.15) is 25.8 Å². The summed E-state index contributed by atoms with van der Waals surface area (Å²) in [4.78, 5) is 11.5. The molecular weight excluding hydrogens is 282 g/mol. The van der Waals surface area contributed by atoms with Crippen molar-refractivity contribution in [3.8, 4) is 5.75 Å². The van der Waals surface area contributed by atoms with E-state index < -0.39 is 0 Å². The fourth-order valence-electron chi connectivity index (χ4n) is 1.94. The second-order valence-corrected chi connectivity index (χ2v) is 5.55. The number of amides is 1. The Morgan fingerprint density at radius 1 is 1.47 bits per heavy atom. The van der Waals surface area contributed by atoms with E-state index in [0.717, 1.165) is 22.3 Å². The first-order valence-corrected chi connectivity index (χ1v) is 6.60. The van der Waals surface area contributed by atoms with Gasteiger partial charge in [-0.2, -0.15) is 0 Å². The molecule has 1 heterocycles. The molecule has 1 aliphatic heterocycles. The van der Waals surface area contributed by atoms with Crippen molar-refractivity contribution in [1.29, 1.82) is 0 Å². The molecule has 92 valence electrons. The molecule has 0 saturated heterocycles. The summed E-state index contributed by atoms with van der Waals surface area (Å²) >= 11 is 3.50. The average Bonchev–Trinajstić information content (AvgIpc) is 2.38. The Hall–Kier alpha value is -1.03. The van der Waals surface area contributed by atoms with Crippen LogP contribution in [0.15, 0.2) is 16.6 Å². The third-order valence-corrected chi connectivity index (χ3v) is 3.19. The fourth-order valence-corrected chi connectivity index (χ4v) is 2.56. The third-order valence-electron chi connectivity index (χ3n) is 2.60. The van der Waals surface area contributed by atoms with Gasteiger partial charge in [-0.25, -0.2) is 0 Å². The van der Waals surface area contributed by atoms with Crippen LogP contribution in [0.25, 0.3) is 0 Å². The molecule has 0 unspecified atom stereocenters. The number of benzene rings is 1. The second kappa shape index (κ2) is 5.08. The summed E-state index contributed by atoms with van der Waals surface area (Å²) in [5, 5.41) is 2.88. The summed E-state index contributed by atoms with van der Waals surface area (Å²) in [6.07, 6.45) is 1.39. The molecule has 0 radical (unpaired) electrons. The van der Waals surface area contributed by atoms with Crippen LogP contribution in [0.4, 0.5) is 5.69 Å². The lowest BCUT2D eigenvalue weighted by Gasteiger charge is -2.13. The van der Waals surface area contributed by atoms with Crippen LogP contribution in [0.2, 0.25) is 0 Å². The Balaban J connectivity index is 2.37. The molecule has 0 atom stereocenters. The summed E-state index contributed by atoms with van der Waals surface area (Å²) in [6.45, 7) is 4.78. The van der Waals surface area contributed by atoms with Gasteiger partial charge < -0.3 is 10.1 Å². The molecule has 3 nitrogen and oxygen atoms in total. The zero-order valence-corrected chi connectivity index (χ0v) is 11.6. The summed E-state index contributed by atoms with van der Waals surface area (Å²) in [6, 6.07) is 4.07. The minimum absolute atomic E-state index is 0.0114. The smallest absolute Gasteiger partial charge is 0.227 e. The van der Waals surface area contributed by atoms with Crippen molar-refractivity contribution in [1.82, 2.24) is 0 Å². The number of anilines is 1. The van der Waals surface area contributed by atoms with Gasteiger partial charge in [0.15, 0.2) is 5.75 Å². The first-order chi connectivity index (χ1) is 8.06. The number of carbonyl (C=O) groups excluding carboxylic acids is 1. The van der Waals surface area contributed by atoms with E-state index in [9.17, 15) is 4.79 Å². The van der Waals surface area contributed by atoms with Crippen molar-refractivity contribution in [3.05, 3.63) is 22.2 Å². The maximum absolute atomic E-state index is 11.5. The highest BCUT2D eigenvalue weighted by Gasteiger charge is 2.17. The molecular formula is C13H16BrNO2. The Morgan fingerprint density at radius 3 is 2.94 bits per heavy atom. The molecule has 0 aromatic heterocycles. The molecule has 1 amide bonds.